The fourth-order valence-electron chi connectivity index (χ4n) is 3.47. The number of nitrogens with zero attached hydrogens (tertiary/aromatic N) is 3. The van der Waals surface area contributed by atoms with Gasteiger partial charge in [0.25, 0.3) is 0 Å². The molecule has 3 N–H and O–H groups in total. The lowest BCUT2D eigenvalue weighted by Crippen LogP contribution is -2.46. The average Bonchev–Trinajstić information content (AvgIpc) is 3.17. The molecule has 4 rings (SSSR count). The van der Waals surface area contributed by atoms with Crippen LogP contribution in [0, 0.1) is 0 Å². The van der Waals surface area contributed by atoms with E-state index < -0.39 is 17.8 Å². The molecule has 3 aromatic rings. The van der Waals surface area contributed by atoms with Crippen molar-refractivity contribution in [3.05, 3.63) is 48.4 Å². The van der Waals surface area contributed by atoms with Crippen molar-refractivity contribution in [2.45, 2.75) is 25.1 Å². The van der Waals surface area contributed by atoms with Crippen LogP contribution < -0.4 is 15.5 Å². The number of piperidine rings is 1. The van der Waals surface area contributed by atoms with E-state index in [2.05, 4.69) is 30.5 Å². The van der Waals surface area contributed by atoms with Crippen molar-refractivity contribution in [1.29, 1.82) is 0 Å². The normalized spacial score (nSPS) is 15.5. The van der Waals surface area contributed by atoms with Crippen LogP contribution in [0.3, 0.4) is 0 Å². The largest absolute Gasteiger partial charge is 0.416 e. The summed E-state index contributed by atoms with van der Waals surface area (Å²) in [6.45, 7) is 1.40. The molecule has 0 aliphatic carbocycles. The number of hydrogen-bond donors (Lipinski definition) is 3. The number of hydrogen-bond acceptors (Lipinski definition) is 4. The maximum atomic E-state index is 12.8. The third-order valence-corrected chi connectivity index (χ3v) is 4.91. The van der Waals surface area contributed by atoms with E-state index in [1.54, 1.807) is 0 Å². The molecule has 3 heterocycles. The van der Waals surface area contributed by atoms with Gasteiger partial charge < -0.3 is 20.5 Å². The molecular weight excluding hydrogens is 385 g/mol. The minimum Gasteiger partial charge on any atom is -0.356 e. The topological polar surface area (TPSA) is 85.9 Å². The van der Waals surface area contributed by atoms with Crippen molar-refractivity contribution in [2.75, 3.05) is 23.3 Å². The number of nitrogens with one attached hydrogen (secondary N) is 3. The summed E-state index contributed by atoms with van der Waals surface area (Å²) in [5.74, 6) is 0.850. The first-order valence-electron chi connectivity index (χ1n) is 9.18. The molecule has 2 amide bonds. The van der Waals surface area contributed by atoms with Gasteiger partial charge in [0.15, 0.2) is 0 Å². The fraction of sp³-hybridized carbons (Fsp3) is 0.316. The molecule has 1 aliphatic heterocycles. The van der Waals surface area contributed by atoms with Crippen LogP contribution in [0.5, 0.6) is 0 Å². The van der Waals surface area contributed by atoms with Crippen LogP contribution in [0.15, 0.2) is 42.9 Å². The highest BCUT2D eigenvalue weighted by Crippen LogP contribution is 2.30. The summed E-state index contributed by atoms with van der Waals surface area (Å²) in [7, 11) is 0. The van der Waals surface area contributed by atoms with Gasteiger partial charge in [-0.2, -0.15) is 13.2 Å². The lowest BCUT2D eigenvalue weighted by atomic mass is 10.0. The number of anilines is 2. The lowest BCUT2D eigenvalue weighted by molar-refractivity contribution is -0.137. The third kappa shape index (κ3) is 4.25. The molecule has 1 fully saturated rings. The summed E-state index contributed by atoms with van der Waals surface area (Å²) in [5.41, 5.74) is 0.0749. The lowest BCUT2D eigenvalue weighted by Gasteiger charge is -2.33. The van der Waals surface area contributed by atoms with Crippen LogP contribution in [0.4, 0.5) is 29.5 Å². The number of H-pyrrole nitrogens is 1. The van der Waals surface area contributed by atoms with Crippen LogP contribution in [-0.4, -0.2) is 40.1 Å². The van der Waals surface area contributed by atoms with Gasteiger partial charge in [0, 0.05) is 31.0 Å². The van der Waals surface area contributed by atoms with Crippen LogP contribution >= 0.6 is 0 Å². The van der Waals surface area contributed by atoms with Crippen molar-refractivity contribution in [3.63, 3.8) is 0 Å². The Morgan fingerprint density at radius 3 is 2.72 bits per heavy atom. The molecule has 2 aromatic heterocycles. The Balaban J connectivity index is 1.33. The van der Waals surface area contributed by atoms with Gasteiger partial charge in [0.1, 0.15) is 17.8 Å². The molecule has 1 saturated heterocycles. The number of carbonyl (C=O) groups excluding carboxylic acids is 1. The van der Waals surface area contributed by atoms with Crippen molar-refractivity contribution in [2.24, 2.45) is 0 Å². The number of rotatable bonds is 3. The van der Waals surface area contributed by atoms with Gasteiger partial charge in [-0.15, -0.1) is 0 Å². The van der Waals surface area contributed by atoms with E-state index in [0.29, 0.717) is 25.9 Å². The molecule has 0 saturated carbocycles. The minimum atomic E-state index is -4.45. The number of carbonyl (C=O) groups is 1. The summed E-state index contributed by atoms with van der Waals surface area (Å²) in [6, 6.07) is 5.91. The maximum Gasteiger partial charge on any atom is 0.416 e. The number of benzene rings is 1. The molecule has 0 atom stereocenters. The number of alkyl halides is 3. The Kier molecular flexibility index (Phi) is 4.99. The van der Waals surface area contributed by atoms with Gasteiger partial charge in [-0.25, -0.2) is 14.8 Å². The zero-order valence-electron chi connectivity index (χ0n) is 15.3. The summed E-state index contributed by atoms with van der Waals surface area (Å²) in [4.78, 5) is 25.9. The van der Waals surface area contributed by atoms with Crippen LogP contribution in [0.25, 0.3) is 11.0 Å². The van der Waals surface area contributed by atoms with Crippen molar-refractivity contribution >= 4 is 28.6 Å². The van der Waals surface area contributed by atoms with Crippen LogP contribution in [0.1, 0.15) is 18.4 Å². The standard InChI is InChI=1S/C19H19F3N6O/c20-19(21,22)12-2-1-3-14(10-12)27-18(29)26-13-5-8-28(9-6-13)17-15-4-7-23-16(15)24-11-25-17/h1-4,7,10-11,13H,5-6,8-9H2,(H,23,24,25)(H2,26,27,29). The van der Waals surface area contributed by atoms with Crippen molar-refractivity contribution in [3.8, 4) is 0 Å². The second-order valence-corrected chi connectivity index (χ2v) is 6.88. The highest BCUT2D eigenvalue weighted by atomic mass is 19.4. The number of aromatic amines is 1. The molecule has 152 valence electrons. The Bertz CT molecular complexity index is 1010. The zero-order valence-corrected chi connectivity index (χ0v) is 15.3. The summed E-state index contributed by atoms with van der Waals surface area (Å²) < 4.78 is 38.4. The van der Waals surface area contributed by atoms with Gasteiger partial charge in [0.05, 0.1) is 10.9 Å². The van der Waals surface area contributed by atoms with E-state index in [0.717, 1.165) is 29.0 Å². The quantitative estimate of drug-likeness (QED) is 0.620. The van der Waals surface area contributed by atoms with Crippen LogP contribution in [0.2, 0.25) is 0 Å². The van der Waals surface area contributed by atoms with Gasteiger partial charge >= 0.3 is 12.2 Å². The monoisotopic (exact) mass is 404 g/mol. The Morgan fingerprint density at radius 2 is 1.97 bits per heavy atom. The second-order valence-electron chi connectivity index (χ2n) is 6.88. The average molecular weight is 404 g/mol. The Hall–Kier alpha value is -3.30. The van der Waals surface area contributed by atoms with Gasteiger partial charge in [-0.05, 0) is 37.1 Å². The molecule has 0 spiro atoms. The third-order valence-electron chi connectivity index (χ3n) is 4.91. The fourth-order valence-corrected chi connectivity index (χ4v) is 3.47. The number of fused-ring (bicyclic) bond motifs is 1. The van der Waals surface area contributed by atoms with Crippen molar-refractivity contribution in [1.82, 2.24) is 20.3 Å². The predicted molar refractivity (Wildman–Crippen MR) is 103 cm³/mol. The first-order valence-corrected chi connectivity index (χ1v) is 9.18. The van der Waals surface area contributed by atoms with Crippen LogP contribution in [-0.2, 0) is 6.18 Å². The molecule has 0 unspecified atom stereocenters. The molecule has 1 aliphatic rings. The molecule has 0 bridgehead atoms. The number of halogens is 3. The Labute approximate surface area is 164 Å². The molecule has 1 aromatic carbocycles. The maximum absolute atomic E-state index is 12.8. The molecule has 29 heavy (non-hydrogen) atoms. The van der Waals surface area contributed by atoms with E-state index in [4.69, 9.17) is 0 Å². The van der Waals surface area contributed by atoms with E-state index in [-0.39, 0.29) is 11.7 Å². The highest BCUT2D eigenvalue weighted by molar-refractivity contribution is 5.89. The summed E-state index contributed by atoms with van der Waals surface area (Å²) in [6.07, 6.45) is 0.279. The van der Waals surface area contributed by atoms with Gasteiger partial charge in [0.2, 0.25) is 0 Å². The van der Waals surface area contributed by atoms with E-state index >= 15 is 0 Å². The SMILES string of the molecule is O=C(Nc1cccc(C(F)(F)F)c1)NC1CCN(c2ncnc3[nH]ccc23)CC1. The Morgan fingerprint density at radius 1 is 1.17 bits per heavy atom. The minimum absolute atomic E-state index is 0.0689. The van der Waals surface area contributed by atoms with Crippen molar-refractivity contribution < 1.29 is 18.0 Å². The molecule has 10 heteroatoms. The number of aromatic nitrogens is 3. The van der Waals surface area contributed by atoms with E-state index in [9.17, 15) is 18.0 Å². The summed E-state index contributed by atoms with van der Waals surface area (Å²) in [5, 5.41) is 6.26. The summed E-state index contributed by atoms with van der Waals surface area (Å²) >= 11 is 0. The van der Waals surface area contributed by atoms with Gasteiger partial charge in [-0.3, -0.25) is 0 Å². The molecular formula is C19H19F3N6O. The number of amides is 2. The van der Waals surface area contributed by atoms with E-state index in [1.165, 1.54) is 18.5 Å². The zero-order chi connectivity index (χ0) is 20.4. The predicted octanol–water partition coefficient (Wildman–Crippen LogP) is 3.77. The first-order chi connectivity index (χ1) is 13.9. The van der Waals surface area contributed by atoms with Gasteiger partial charge in [-0.1, -0.05) is 6.07 Å². The number of urea groups is 1. The highest BCUT2D eigenvalue weighted by Gasteiger charge is 2.30. The molecule has 0 radical (unpaired) electrons. The van der Waals surface area contributed by atoms with E-state index in [1.807, 2.05) is 12.3 Å². The smallest absolute Gasteiger partial charge is 0.356 e. The second kappa shape index (κ2) is 7.61. The molecule has 7 nitrogen and oxygen atoms in total. The first kappa shape index (κ1) is 19.0.